The number of nitrogens with zero attached hydrogens (tertiary/aromatic N) is 1. The Morgan fingerprint density at radius 3 is 2.89 bits per heavy atom. The molecule has 0 saturated carbocycles. The van der Waals surface area contributed by atoms with Gasteiger partial charge < -0.3 is 20.5 Å². The molecule has 0 unspecified atom stereocenters. The summed E-state index contributed by atoms with van der Waals surface area (Å²) in [7, 11) is 1.30. The number of β-lactam (4-membered cyclic amide) rings is 1. The normalized spacial score (nSPS) is 27.2. The molecule has 19 heavy (non-hydrogen) atoms. The number of aliphatic hydroxyl groups is 1. The van der Waals surface area contributed by atoms with E-state index in [0.29, 0.717) is 24.4 Å². The Morgan fingerprint density at radius 2 is 2.37 bits per heavy atom. The number of thioether (sulfide) groups is 1. The number of carbonyl (C=O) groups is 2. The number of hydrogen-bond donors (Lipinski definition) is 2. The van der Waals surface area contributed by atoms with Crippen molar-refractivity contribution in [3.05, 3.63) is 10.6 Å². The summed E-state index contributed by atoms with van der Waals surface area (Å²) in [5, 5.41) is 9.63. The van der Waals surface area contributed by atoms with Gasteiger partial charge in [-0.15, -0.1) is 11.8 Å². The van der Waals surface area contributed by atoms with Crippen LogP contribution in [0.15, 0.2) is 10.6 Å². The zero-order valence-corrected chi connectivity index (χ0v) is 11.8. The zero-order valence-electron chi connectivity index (χ0n) is 11.0. The molecule has 1 fully saturated rings. The number of nitrogens with two attached hydrogens (primary N) is 1. The van der Waals surface area contributed by atoms with Gasteiger partial charge >= 0.3 is 5.97 Å². The molecule has 1 amide bonds. The third-order valence-corrected chi connectivity index (χ3v) is 4.61. The Balaban J connectivity index is 2.23. The highest BCUT2D eigenvalue weighted by Gasteiger charge is 2.56. The number of methoxy groups -OCH3 is 1. The van der Waals surface area contributed by atoms with Crippen molar-refractivity contribution < 1.29 is 19.4 Å². The van der Waals surface area contributed by atoms with Crippen LogP contribution in [0.2, 0.25) is 0 Å². The summed E-state index contributed by atoms with van der Waals surface area (Å²) in [6, 6.07) is -0.123. The highest BCUT2D eigenvalue weighted by atomic mass is 32.2. The molecule has 2 aliphatic rings. The Kier molecular flexibility index (Phi) is 4.17. The van der Waals surface area contributed by atoms with Crippen LogP contribution in [0.4, 0.5) is 0 Å². The maximum absolute atomic E-state index is 12.0. The first-order chi connectivity index (χ1) is 9.02. The lowest BCUT2D eigenvalue weighted by atomic mass is 9.83. The van der Waals surface area contributed by atoms with E-state index in [1.807, 2.05) is 0 Å². The van der Waals surface area contributed by atoms with Gasteiger partial charge in [0.25, 0.3) is 0 Å². The van der Waals surface area contributed by atoms with Crippen LogP contribution in [0.1, 0.15) is 13.3 Å². The first-order valence-electron chi connectivity index (χ1n) is 6.18. The smallest absolute Gasteiger partial charge is 0.355 e. The molecule has 1 saturated heterocycles. The second-order valence-corrected chi connectivity index (χ2v) is 5.84. The number of amides is 1. The van der Waals surface area contributed by atoms with Crippen molar-refractivity contribution in [2.45, 2.75) is 25.5 Å². The minimum atomic E-state index is -0.702. The molecule has 0 bridgehead atoms. The van der Waals surface area contributed by atoms with Gasteiger partial charge in [-0.3, -0.25) is 4.79 Å². The van der Waals surface area contributed by atoms with Crippen LogP contribution in [0, 0.1) is 5.92 Å². The molecule has 3 N–H and O–H groups in total. The molecule has 3 atom stereocenters. The molecule has 0 spiro atoms. The summed E-state index contributed by atoms with van der Waals surface area (Å²) < 4.78 is 4.74. The standard InChI is InChI=1S/C12H18N2O4S/c1-6(15)9-7-5-8(19-4-3-13)10(12(17)18-2)14(7)11(9)16/h6-7,9,15H,3-5,13H2,1-2H3/t6-,7-,9-/m1/s1. The van der Waals surface area contributed by atoms with Crippen LogP contribution in [-0.2, 0) is 14.3 Å². The highest BCUT2D eigenvalue weighted by molar-refractivity contribution is 8.03. The molecule has 0 radical (unpaired) electrons. The van der Waals surface area contributed by atoms with Crippen LogP contribution >= 0.6 is 11.8 Å². The Labute approximate surface area is 116 Å². The molecule has 0 aromatic carbocycles. The summed E-state index contributed by atoms with van der Waals surface area (Å²) in [6.45, 7) is 2.10. The summed E-state index contributed by atoms with van der Waals surface area (Å²) in [4.78, 5) is 26.1. The van der Waals surface area contributed by atoms with E-state index < -0.39 is 18.0 Å². The van der Waals surface area contributed by atoms with Gasteiger partial charge in [0.2, 0.25) is 5.91 Å². The predicted octanol–water partition coefficient (Wildman–Crippen LogP) is -0.326. The topological polar surface area (TPSA) is 92.9 Å². The van der Waals surface area contributed by atoms with Gasteiger partial charge in [0.15, 0.2) is 0 Å². The first-order valence-corrected chi connectivity index (χ1v) is 7.17. The Hall–Kier alpha value is -1.05. The van der Waals surface area contributed by atoms with Gasteiger partial charge in [0, 0.05) is 23.6 Å². The summed E-state index contributed by atoms with van der Waals surface area (Å²) >= 11 is 1.48. The van der Waals surface area contributed by atoms with Crippen molar-refractivity contribution in [3.63, 3.8) is 0 Å². The number of esters is 1. The first kappa shape index (κ1) is 14.4. The maximum atomic E-state index is 12.0. The maximum Gasteiger partial charge on any atom is 0.355 e. The second kappa shape index (κ2) is 5.52. The van der Waals surface area contributed by atoms with Gasteiger partial charge in [0.05, 0.1) is 25.2 Å². The molecule has 2 rings (SSSR count). The highest BCUT2D eigenvalue weighted by Crippen LogP contribution is 2.47. The Bertz CT molecular complexity index is 435. The minimum Gasteiger partial charge on any atom is -0.464 e. The van der Waals surface area contributed by atoms with E-state index in [-0.39, 0.29) is 11.9 Å². The SMILES string of the molecule is COC(=O)C1=C(SCCN)C[C@@H]2[C@@H]([C@@H](C)O)C(=O)N12. The molecular weight excluding hydrogens is 268 g/mol. The number of hydrogen-bond acceptors (Lipinski definition) is 6. The number of fused-ring (bicyclic) bond motifs is 1. The average Bonchev–Trinajstić information content (AvgIpc) is 2.69. The molecule has 2 aliphatic heterocycles. The van der Waals surface area contributed by atoms with Crippen molar-refractivity contribution in [1.82, 2.24) is 4.90 Å². The van der Waals surface area contributed by atoms with Crippen LogP contribution in [-0.4, -0.2) is 53.4 Å². The van der Waals surface area contributed by atoms with Crippen molar-refractivity contribution in [1.29, 1.82) is 0 Å². The molecule has 6 nitrogen and oxygen atoms in total. The van der Waals surface area contributed by atoms with Gasteiger partial charge in [-0.2, -0.15) is 0 Å². The van der Waals surface area contributed by atoms with E-state index in [0.717, 1.165) is 4.91 Å². The molecule has 2 heterocycles. The molecule has 0 aromatic rings. The largest absolute Gasteiger partial charge is 0.464 e. The van der Waals surface area contributed by atoms with Crippen molar-refractivity contribution >= 4 is 23.6 Å². The predicted molar refractivity (Wildman–Crippen MR) is 71.0 cm³/mol. The van der Waals surface area contributed by atoms with Crippen LogP contribution in [0.25, 0.3) is 0 Å². The second-order valence-electron chi connectivity index (χ2n) is 4.65. The third-order valence-electron chi connectivity index (χ3n) is 3.46. The zero-order chi connectivity index (χ0) is 14.2. The van der Waals surface area contributed by atoms with Crippen LogP contribution in [0.5, 0.6) is 0 Å². The lowest BCUT2D eigenvalue weighted by Crippen LogP contribution is -2.61. The van der Waals surface area contributed by atoms with E-state index in [4.69, 9.17) is 10.5 Å². The van der Waals surface area contributed by atoms with E-state index in [2.05, 4.69) is 0 Å². The van der Waals surface area contributed by atoms with E-state index in [1.54, 1.807) is 6.92 Å². The van der Waals surface area contributed by atoms with E-state index in [9.17, 15) is 14.7 Å². The van der Waals surface area contributed by atoms with Crippen LogP contribution in [0.3, 0.4) is 0 Å². The Morgan fingerprint density at radius 1 is 1.68 bits per heavy atom. The fourth-order valence-electron chi connectivity index (χ4n) is 2.63. The van der Waals surface area contributed by atoms with Gasteiger partial charge in [-0.05, 0) is 6.92 Å². The number of carbonyl (C=O) groups excluding carboxylic acids is 2. The van der Waals surface area contributed by atoms with Crippen molar-refractivity contribution in [2.24, 2.45) is 11.7 Å². The van der Waals surface area contributed by atoms with Gasteiger partial charge in [0.1, 0.15) is 5.70 Å². The van der Waals surface area contributed by atoms with Crippen molar-refractivity contribution in [2.75, 3.05) is 19.4 Å². The van der Waals surface area contributed by atoms with Crippen LogP contribution < -0.4 is 5.73 Å². The summed E-state index contributed by atoms with van der Waals surface area (Å²) in [5.41, 5.74) is 5.79. The molecule has 0 aliphatic carbocycles. The molecule has 106 valence electrons. The van der Waals surface area contributed by atoms with Crippen molar-refractivity contribution in [3.8, 4) is 0 Å². The quantitative estimate of drug-likeness (QED) is 0.531. The van der Waals surface area contributed by atoms with Gasteiger partial charge in [-0.1, -0.05) is 0 Å². The van der Waals surface area contributed by atoms with Gasteiger partial charge in [-0.25, -0.2) is 4.79 Å². The van der Waals surface area contributed by atoms with E-state index >= 15 is 0 Å². The molecular formula is C12H18N2O4S. The molecule has 0 aromatic heterocycles. The third kappa shape index (κ3) is 2.26. The fraction of sp³-hybridized carbons (Fsp3) is 0.667. The lowest BCUT2D eigenvalue weighted by Gasteiger charge is -2.44. The number of rotatable bonds is 5. The minimum absolute atomic E-state index is 0.123. The number of aliphatic hydroxyl groups excluding tert-OH is 1. The van der Waals surface area contributed by atoms with E-state index in [1.165, 1.54) is 23.8 Å². The monoisotopic (exact) mass is 286 g/mol. The summed E-state index contributed by atoms with van der Waals surface area (Å²) in [6.07, 6.45) is -0.109. The lowest BCUT2D eigenvalue weighted by molar-refractivity contribution is -0.161. The average molecular weight is 286 g/mol. The number of ether oxygens (including phenoxy) is 1. The summed E-state index contributed by atoms with van der Waals surface area (Å²) in [5.74, 6) is -0.442. The fourth-order valence-corrected chi connectivity index (χ4v) is 3.60. The molecule has 7 heteroatoms.